The van der Waals surface area contributed by atoms with E-state index in [0.29, 0.717) is 50.1 Å². The van der Waals surface area contributed by atoms with Crippen LogP contribution in [0.25, 0.3) is 77.3 Å². The van der Waals surface area contributed by atoms with Crippen LogP contribution in [0, 0.1) is 56.7 Å². The van der Waals surface area contributed by atoms with Crippen LogP contribution >= 0.6 is 0 Å². The second-order valence-corrected chi connectivity index (χ2v) is 11.2. The van der Waals surface area contributed by atoms with Crippen LogP contribution < -0.4 is 0 Å². The molecular formula is C41H17N5O2. The molecular weight excluding hydrogens is 594 g/mol. The third kappa shape index (κ3) is 4.10. The molecule has 0 aliphatic heterocycles. The lowest BCUT2D eigenvalue weighted by molar-refractivity contribution is 0.668. The summed E-state index contributed by atoms with van der Waals surface area (Å²) in [5.41, 5.74) is 5.74. The first kappa shape index (κ1) is 27.9. The molecule has 0 unspecified atom stereocenters. The van der Waals surface area contributed by atoms with E-state index < -0.39 is 0 Å². The maximum Gasteiger partial charge on any atom is 0.135 e. The first-order valence-corrected chi connectivity index (χ1v) is 14.8. The van der Waals surface area contributed by atoms with E-state index in [2.05, 4.69) is 30.3 Å². The van der Waals surface area contributed by atoms with E-state index in [1.165, 1.54) is 6.07 Å². The summed E-state index contributed by atoms with van der Waals surface area (Å²) in [5, 5.41) is 55.5. The summed E-state index contributed by atoms with van der Waals surface area (Å²) in [5.74, 6) is 0. The molecule has 7 nitrogen and oxygen atoms in total. The van der Waals surface area contributed by atoms with Crippen molar-refractivity contribution in [1.82, 2.24) is 0 Å². The van der Waals surface area contributed by atoms with E-state index in [4.69, 9.17) is 8.83 Å². The fourth-order valence-corrected chi connectivity index (χ4v) is 6.62. The van der Waals surface area contributed by atoms with Crippen molar-refractivity contribution in [2.24, 2.45) is 0 Å². The second kappa shape index (κ2) is 10.8. The monoisotopic (exact) mass is 611 g/mol. The standard InChI is InChI=1S/C41H17N5O2/c42-18-23-13-24(19-43)15-27(14-23)41-33(21-45)39(25-9-11-37-30(16-25)28-5-1-3-7-35(28)47-37)32(20-44)40(34(41)22-46)26-10-12-38-31(17-26)29-6-2-4-8-36(29)48-38/h1-17H. The number of para-hydroxylation sites is 2. The highest BCUT2D eigenvalue weighted by molar-refractivity contribution is 6.09. The minimum Gasteiger partial charge on any atom is -0.456 e. The van der Waals surface area contributed by atoms with E-state index in [1.54, 1.807) is 36.4 Å². The third-order valence-corrected chi connectivity index (χ3v) is 8.65. The molecule has 7 heteroatoms. The van der Waals surface area contributed by atoms with Crippen LogP contribution in [0.2, 0.25) is 0 Å². The van der Waals surface area contributed by atoms with Gasteiger partial charge in [-0.25, -0.2) is 0 Å². The van der Waals surface area contributed by atoms with E-state index in [-0.39, 0.29) is 33.4 Å². The molecule has 0 aliphatic carbocycles. The SMILES string of the molecule is N#Cc1cc(C#N)cc(-c2c(C#N)c(-c3ccc4oc5ccccc5c4c3)c(C#N)c(-c3ccc4oc5ccccc5c4c3)c2C#N)c1. The molecule has 0 N–H and O–H groups in total. The minimum atomic E-state index is 0.0767. The Kier molecular flexibility index (Phi) is 6.26. The first-order chi connectivity index (χ1) is 23.6. The lowest BCUT2D eigenvalue weighted by Gasteiger charge is -2.20. The van der Waals surface area contributed by atoms with Crippen molar-refractivity contribution < 1.29 is 8.83 Å². The van der Waals surface area contributed by atoms with Crippen molar-refractivity contribution in [3.05, 3.63) is 131 Å². The number of fused-ring (bicyclic) bond motifs is 6. The van der Waals surface area contributed by atoms with Crippen molar-refractivity contribution >= 4 is 43.9 Å². The van der Waals surface area contributed by atoms with Gasteiger partial charge < -0.3 is 8.83 Å². The topological polar surface area (TPSA) is 145 Å². The van der Waals surface area contributed by atoms with Gasteiger partial charge in [0.2, 0.25) is 0 Å². The molecule has 48 heavy (non-hydrogen) atoms. The molecule has 218 valence electrons. The highest BCUT2D eigenvalue weighted by Crippen LogP contribution is 2.46. The fourth-order valence-electron chi connectivity index (χ4n) is 6.62. The van der Waals surface area contributed by atoms with E-state index in [1.807, 2.05) is 60.7 Å². The van der Waals surface area contributed by atoms with Gasteiger partial charge in [0.15, 0.2) is 0 Å². The molecule has 8 aromatic rings. The predicted octanol–water partition coefficient (Wildman–Crippen LogP) is 9.84. The summed E-state index contributed by atoms with van der Waals surface area (Å²) in [7, 11) is 0. The molecule has 8 rings (SSSR count). The average Bonchev–Trinajstić information content (AvgIpc) is 3.70. The van der Waals surface area contributed by atoms with Crippen molar-refractivity contribution in [3.63, 3.8) is 0 Å². The van der Waals surface area contributed by atoms with Crippen LogP contribution in [0.15, 0.2) is 112 Å². The number of furan rings is 2. The number of nitrogens with zero attached hydrogens (tertiary/aromatic N) is 5. The predicted molar refractivity (Wildman–Crippen MR) is 181 cm³/mol. The van der Waals surface area contributed by atoms with Crippen LogP contribution in [-0.4, -0.2) is 0 Å². The zero-order valence-electron chi connectivity index (χ0n) is 24.9. The quantitative estimate of drug-likeness (QED) is 0.193. The Balaban J connectivity index is 1.55. The van der Waals surface area contributed by atoms with Gasteiger partial charge in [-0.1, -0.05) is 48.5 Å². The molecule has 0 radical (unpaired) electrons. The number of nitriles is 5. The summed E-state index contributed by atoms with van der Waals surface area (Å²) in [4.78, 5) is 0. The zero-order valence-corrected chi connectivity index (χ0v) is 24.9. The van der Waals surface area contributed by atoms with Crippen molar-refractivity contribution in [1.29, 1.82) is 26.3 Å². The minimum absolute atomic E-state index is 0.0767. The van der Waals surface area contributed by atoms with E-state index in [0.717, 1.165) is 21.5 Å². The maximum absolute atomic E-state index is 10.9. The summed E-state index contributed by atoms with van der Waals surface area (Å²) < 4.78 is 12.1. The molecule has 0 saturated carbocycles. The average molecular weight is 612 g/mol. The molecule has 0 saturated heterocycles. The molecule has 6 aromatic carbocycles. The maximum atomic E-state index is 10.9. The highest BCUT2D eigenvalue weighted by atomic mass is 16.3. The summed E-state index contributed by atoms with van der Waals surface area (Å²) in [6, 6.07) is 41.8. The Hall–Kier alpha value is -7.63. The smallest absolute Gasteiger partial charge is 0.135 e. The molecule has 0 spiro atoms. The largest absolute Gasteiger partial charge is 0.456 e. The molecule has 0 amide bonds. The summed E-state index contributed by atoms with van der Waals surface area (Å²) >= 11 is 0. The molecule has 0 atom stereocenters. The van der Waals surface area contributed by atoms with E-state index >= 15 is 0 Å². The van der Waals surface area contributed by atoms with Crippen LogP contribution in [0.5, 0.6) is 0 Å². The zero-order chi connectivity index (χ0) is 32.9. The van der Waals surface area contributed by atoms with Gasteiger partial charge in [-0.05, 0) is 71.3 Å². The molecule has 2 heterocycles. The van der Waals surface area contributed by atoms with Gasteiger partial charge >= 0.3 is 0 Å². The van der Waals surface area contributed by atoms with Crippen LogP contribution in [-0.2, 0) is 0 Å². The number of hydrogen-bond acceptors (Lipinski definition) is 7. The van der Waals surface area contributed by atoms with Gasteiger partial charge in [-0.3, -0.25) is 0 Å². The van der Waals surface area contributed by atoms with E-state index in [9.17, 15) is 26.3 Å². The van der Waals surface area contributed by atoms with Gasteiger partial charge in [0, 0.05) is 38.2 Å². The molecule has 2 aromatic heterocycles. The van der Waals surface area contributed by atoms with Crippen LogP contribution in [0.3, 0.4) is 0 Å². The Labute approximate surface area is 273 Å². The Morgan fingerprint density at radius 2 is 0.750 bits per heavy atom. The Morgan fingerprint density at radius 1 is 0.354 bits per heavy atom. The van der Waals surface area contributed by atoms with Gasteiger partial charge in [0.05, 0.1) is 40.0 Å². The number of benzene rings is 6. The lowest BCUT2D eigenvalue weighted by atomic mass is 9.79. The van der Waals surface area contributed by atoms with Crippen LogP contribution in [0.1, 0.15) is 27.8 Å². The van der Waals surface area contributed by atoms with Gasteiger partial charge in [-0.15, -0.1) is 0 Å². The lowest BCUT2D eigenvalue weighted by Crippen LogP contribution is -2.03. The van der Waals surface area contributed by atoms with Gasteiger partial charge in [-0.2, -0.15) is 26.3 Å². The van der Waals surface area contributed by atoms with Crippen molar-refractivity contribution in [2.45, 2.75) is 0 Å². The summed E-state index contributed by atoms with van der Waals surface area (Å²) in [6.07, 6.45) is 0. The van der Waals surface area contributed by atoms with Gasteiger partial charge in [0.25, 0.3) is 0 Å². The van der Waals surface area contributed by atoms with Gasteiger partial charge in [0.1, 0.15) is 40.5 Å². The van der Waals surface area contributed by atoms with Crippen molar-refractivity contribution in [3.8, 4) is 63.7 Å². The second-order valence-electron chi connectivity index (χ2n) is 11.2. The number of hydrogen-bond donors (Lipinski definition) is 0. The first-order valence-electron chi connectivity index (χ1n) is 14.8. The normalized spacial score (nSPS) is 10.8. The number of rotatable bonds is 3. The third-order valence-electron chi connectivity index (χ3n) is 8.65. The van der Waals surface area contributed by atoms with Crippen molar-refractivity contribution in [2.75, 3.05) is 0 Å². The summed E-state index contributed by atoms with van der Waals surface area (Å²) in [6.45, 7) is 0. The molecule has 0 aliphatic rings. The highest BCUT2D eigenvalue weighted by Gasteiger charge is 2.28. The molecule has 0 bridgehead atoms. The Bertz CT molecular complexity index is 2720. The van der Waals surface area contributed by atoms with Crippen LogP contribution in [0.4, 0.5) is 0 Å². The fraction of sp³-hybridized carbons (Fsp3) is 0. The molecule has 0 fully saturated rings. The Morgan fingerprint density at radius 3 is 1.17 bits per heavy atom.